The lowest BCUT2D eigenvalue weighted by Crippen LogP contribution is -2.46. The lowest BCUT2D eigenvalue weighted by Gasteiger charge is -2.36. The van der Waals surface area contributed by atoms with Gasteiger partial charge in [0.2, 0.25) is 5.91 Å². The van der Waals surface area contributed by atoms with Crippen molar-refractivity contribution >= 4 is 40.2 Å². The molecule has 0 radical (unpaired) electrons. The van der Waals surface area contributed by atoms with E-state index in [1.807, 2.05) is 35.7 Å². The standard InChI is InChI=1S/C18H22ClN3OS/c1-2-21-7-9-22(10-8-21)17-6-5-14(19)12-16(17)20-18(23)13-15-4-3-11-24-15/h3-6,11-12H,2,7-10,13H2,1H3,(H,20,23). The summed E-state index contributed by atoms with van der Waals surface area (Å²) in [6.07, 6.45) is 0.396. The molecular formula is C18H22ClN3OS. The molecule has 0 aliphatic carbocycles. The van der Waals surface area contributed by atoms with Gasteiger partial charge in [0.05, 0.1) is 17.8 Å². The van der Waals surface area contributed by atoms with Crippen LogP contribution in [0.5, 0.6) is 0 Å². The third-order valence-corrected chi connectivity index (χ3v) is 5.42. The minimum atomic E-state index is -0.00633. The number of anilines is 2. The van der Waals surface area contributed by atoms with Crippen molar-refractivity contribution in [1.82, 2.24) is 4.90 Å². The van der Waals surface area contributed by atoms with Gasteiger partial charge in [0.25, 0.3) is 0 Å². The highest BCUT2D eigenvalue weighted by Gasteiger charge is 2.19. The summed E-state index contributed by atoms with van der Waals surface area (Å²) < 4.78 is 0. The summed E-state index contributed by atoms with van der Waals surface area (Å²) in [4.78, 5) is 18.2. The molecule has 2 aromatic rings. The molecule has 128 valence electrons. The summed E-state index contributed by atoms with van der Waals surface area (Å²) in [5.74, 6) is -0.00633. The number of halogens is 1. The third-order valence-electron chi connectivity index (χ3n) is 4.31. The molecule has 0 bridgehead atoms. The number of nitrogens with zero attached hydrogens (tertiary/aromatic N) is 2. The number of hydrogen-bond acceptors (Lipinski definition) is 4. The Morgan fingerprint density at radius 3 is 2.71 bits per heavy atom. The molecule has 1 saturated heterocycles. The van der Waals surface area contributed by atoms with Gasteiger partial charge in [-0.05, 0) is 36.2 Å². The number of nitrogens with one attached hydrogen (secondary N) is 1. The number of thiophene rings is 1. The lowest BCUT2D eigenvalue weighted by molar-refractivity contribution is -0.115. The normalized spacial score (nSPS) is 15.5. The molecule has 0 atom stereocenters. The van der Waals surface area contributed by atoms with E-state index in [2.05, 4.69) is 22.0 Å². The van der Waals surface area contributed by atoms with Gasteiger partial charge in [0.1, 0.15) is 0 Å². The van der Waals surface area contributed by atoms with E-state index in [-0.39, 0.29) is 5.91 Å². The smallest absolute Gasteiger partial charge is 0.229 e. The second-order valence-electron chi connectivity index (χ2n) is 5.89. The highest BCUT2D eigenvalue weighted by Crippen LogP contribution is 2.30. The van der Waals surface area contributed by atoms with Crippen LogP contribution in [0, 0.1) is 0 Å². The number of amides is 1. The van der Waals surface area contributed by atoms with Gasteiger partial charge >= 0.3 is 0 Å². The summed E-state index contributed by atoms with van der Waals surface area (Å²) in [7, 11) is 0. The molecule has 0 saturated carbocycles. The van der Waals surface area contributed by atoms with E-state index in [9.17, 15) is 4.79 Å². The summed E-state index contributed by atoms with van der Waals surface area (Å²) >= 11 is 7.75. The van der Waals surface area contributed by atoms with Crippen LogP contribution in [-0.4, -0.2) is 43.5 Å². The van der Waals surface area contributed by atoms with Crippen LogP contribution in [0.2, 0.25) is 5.02 Å². The van der Waals surface area contributed by atoms with Crippen LogP contribution < -0.4 is 10.2 Å². The van der Waals surface area contributed by atoms with Crippen LogP contribution >= 0.6 is 22.9 Å². The summed E-state index contributed by atoms with van der Waals surface area (Å²) in [5.41, 5.74) is 1.85. The van der Waals surface area contributed by atoms with E-state index in [0.29, 0.717) is 11.4 Å². The minimum absolute atomic E-state index is 0.00633. The molecule has 1 fully saturated rings. The Balaban J connectivity index is 1.72. The summed E-state index contributed by atoms with van der Waals surface area (Å²) in [6, 6.07) is 9.68. The van der Waals surface area contributed by atoms with Crippen molar-refractivity contribution in [1.29, 1.82) is 0 Å². The molecule has 1 aromatic heterocycles. The molecule has 1 amide bonds. The Labute approximate surface area is 152 Å². The number of benzene rings is 1. The number of rotatable bonds is 5. The average Bonchev–Trinajstić information content (AvgIpc) is 3.08. The Kier molecular flexibility index (Phi) is 5.76. The predicted molar refractivity (Wildman–Crippen MR) is 102 cm³/mol. The van der Waals surface area contributed by atoms with Crippen molar-refractivity contribution in [2.75, 3.05) is 42.9 Å². The maximum Gasteiger partial charge on any atom is 0.229 e. The van der Waals surface area contributed by atoms with E-state index >= 15 is 0 Å². The number of hydrogen-bond donors (Lipinski definition) is 1. The van der Waals surface area contributed by atoms with Gasteiger partial charge in [-0.2, -0.15) is 0 Å². The highest BCUT2D eigenvalue weighted by molar-refractivity contribution is 7.10. The largest absolute Gasteiger partial charge is 0.367 e. The SMILES string of the molecule is CCN1CCN(c2ccc(Cl)cc2NC(=O)Cc2cccs2)CC1. The molecule has 0 spiro atoms. The predicted octanol–water partition coefficient (Wildman–Crippen LogP) is 3.72. The van der Waals surface area contributed by atoms with Gasteiger partial charge in [0.15, 0.2) is 0 Å². The van der Waals surface area contributed by atoms with E-state index in [1.165, 1.54) is 0 Å². The number of piperazine rings is 1. The minimum Gasteiger partial charge on any atom is -0.367 e. The van der Waals surface area contributed by atoms with Crippen LogP contribution in [-0.2, 0) is 11.2 Å². The average molecular weight is 364 g/mol. The monoisotopic (exact) mass is 363 g/mol. The fourth-order valence-corrected chi connectivity index (χ4v) is 3.83. The zero-order valence-corrected chi connectivity index (χ0v) is 15.4. The van der Waals surface area contributed by atoms with Gasteiger partial charge in [-0.3, -0.25) is 4.79 Å². The molecular weight excluding hydrogens is 342 g/mol. The van der Waals surface area contributed by atoms with Crippen molar-refractivity contribution < 1.29 is 4.79 Å². The van der Waals surface area contributed by atoms with Crippen molar-refractivity contribution in [2.45, 2.75) is 13.3 Å². The molecule has 3 rings (SSSR count). The highest BCUT2D eigenvalue weighted by atomic mass is 35.5. The summed E-state index contributed by atoms with van der Waals surface area (Å²) in [6.45, 7) is 7.28. The van der Waals surface area contributed by atoms with Gasteiger partial charge in [-0.25, -0.2) is 0 Å². The van der Waals surface area contributed by atoms with E-state index in [4.69, 9.17) is 11.6 Å². The quantitative estimate of drug-likeness (QED) is 0.879. The molecule has 1 aromatic carbocycles. The van der Waals surface area contributed by atoms with Crippen LogP contribution in [0.25, 0.3) is 0 Å². The lowest BCUT2D eigenvalue weighted by atomic mass is 10.2. The number of carbonyl (C=O) groups excluding carboxylic acids is 1. The third kappa shape index (κ3) is 4.29. The van der Waals surface area contributed by atoms with E-state index in [1.54, 1.807) is 11.3 Å². The second-order valence-corrected chi connectivity index (χ2v) is 7.36. The fraction of sp³-hybridized carbons (Fsp3) is 0.389. The van der Waals surface area contributed by atoms with Gasteiger partial charge in [0, 0.05) is 36.1 Å². The van der Waals surface area contributed by atoms with Crippen molar-refractivity contribution in [2.24, 2.45) is 0 Å². The Bertz CT molecular complexity index is 682. The Morgan fingerprint density at radius 1 is 1.25 bits per heavy atom. The molecule has 1 aliphatic rings. The van der Waals surface area contributed by atoms with Crippen molar-refractivity contribution in [3.8, 4) is 0 Å². The van der Waals surface area contributed by atoms with Crippen molar-refractivity contribution in [3.63, 3.8) is 0 Å². The molecule has 1 N–H and O–H groups in total. The van der Waals surface area contributed by atoms with Gasteiger partial charge < -0.3 is 15.1 Å². The molecule has 6 heteroatoms. The molecule has 0 unspecified atom stereocenters. The Morgan fingerprint density at radius 2 is 2.04 bits per heavy atom. The zero-order chi connectivity index (χ0) is 16.9. The van der Waals surface area contributed by atoms with Gasteiger partial charge in [-0.1, -0.05) is 24.6 Å². The first-order chi connectivity index (χ1) is 11.7. The maximum atomic E-state index is 12.4. The first-order valence-electron chi connectivity index (χ1n) is 8.25. The Hall–Kier alpha value is -1.56. The maximum absolute atomic E-state index is 12.4. The molecule has 2 heterocycles. The number of carbonyl (C=O) groups is 1. The van der Waals surface area contributed by atoms with Gasteiger partial charge in [-0.15, -0.1) is 11.3 Å². The van der Waals surface area contributed by atoms with Crippen LogP contribution in [0.4, 0.5) is 11.4 Å². The van der Waals surface area contributed by atoms with Crippen LogP contribution in [0.15, 0.2) is 35.7 Å². The molecule has 4 nitrogen and oxygen atoms in total. The van der Waals surface area contributed by atoms with E-state index < -0.39 is 0 Å². The molecule has 24 heavy (non-hydrogen) atoms. The van der Waals surface area contributed by atoms with Crippen LogP contribution in [0.3, 0.4) is 0 Å². The van der Waals surface area contributed by atoms with E-state index in [0.717, 1.165) is 49.0 Å². The first kappa shape index (κ1) is 17.3. The number of likely N-dealkylation sites (N-methyl/N-ethyl adjacent to an activating group) is 1. The second kappa shape index (κ2) is 8.01. The zero-order valence-electron chi connectivity index (χ0n) is 13.8. The summed E-state index contributed by atoms with van der Waals surface area (Å²) in [5, 5.41) is 5.66. The fourth-order valence-electron chi connectivity index (χ4n) is 2.95. The van der Waals surface area contributed by atoms with Crippen molar-refractivity contribution in [3.05, 3.63) is 45.6 Å². The van der Waals surface area contributed by atoms with Crippen LogP contribution in [0.1, 0.15) is 11.8 Å². The first-order valence-corrected chi connectivity index (χ1v) is 9.50. The molecule has 1 aliphatic heterocycles. The topological polar surface area (TPSA) is 35.6 Å².